The van der Waals surface area contributed by atoms with E-state index in [4.69, 9.17) is 9.47 Å². The van der Waals surface area contributed by atoms with Crippen molar-refractivity contribution in [1.82, 2.24) is 14.8 Å². The molecule has 1 N–H and O–H groups in total. The summed E-state index contributed by atoms with van der Waals surface area (Å²) in [7, 11) is 0. The molecule has 0 radical (unpaired) electrons. The summed E-state index contributed by atoms with van der Waals surface area (Å²) in [5.74, 6) is 0.675. The van der Waals surface area contributed by atoms with Gasteiger partial charge in [-0.2, -0.15) is 0 Å². The largest absolute Gasteiger partial charge is 0.486 e. The predicted molar refractivity (Wildman–Crippen MR) is 125 cm³/mol. The molecule has 8 nitrogen and oxygen atoms in total. The number of carbonyl (C=O) groups is 3. The average Bonchev–Trinajstić information content (AvgIpc) is 3.28. The zero-order valence-electron chi connectivity index (χ0n) is 19.0. The van der Waals surface area contributed by atoms with Crippen LogP contribution in [0.25, 0.3) is 5.69 Å². The van der Waals surface area contributed by atoms with Gasteiger partial charge in [0.1, 0.15) is 19.3 Å². The topological polar surface area (TPSA) is 89.9 Å². The minimum absolute atomic E-state index is 0.291. The average molecular weight is 460 g/mol. The van der Waals surface area contributed by atoms with E-state index in [1.807, 2.05) is 66.9 Å². The molecule has 0 spiro atoms. The van der Waals surface area contributed by atoms with E-state index in [1.165, 1.54) is 0 Å². The molecule has 1 aromatic heterocycles. The van der Waals surface area contributed by atoms with Crippen LogP contribution in [-0.2, 0) is 11.2 Å². The van der Waals surface area contributed by atoms with E-state index in [0.717, 1.165) is 27.5 Å². The molecule has 2 aromatic carbocycles. The van der Waals surface area contributed by atoms with E-state index >= 15 is 0 Å². The molecular formula is C26H25N3O5. The standard InChI is InChI=1S/C26H25N3O5/c1-16-12-20(17(2)29(16)19-8-9-23-24(14-19)34-11-10-33-23)22(30)15-28-25(31)21(27-26(28)32)13-18-6-4-3-5-7-18/h3-9,12,14,21H,10-11,13,15H2,1-2H3,(H,27,32). The number of nitrogens with zero attached hydrogens (tertiary/aromatic N) is 2. The molecule has 34 heavy (non-hydrogen) atoms. The maximum Gasteiger partial charge on any atom is 0.325 e. The maximum absolute atomic E-state index is 13.2. The van der Waals surface area contributed by atoms with Gasteiger partial charge in [-0.05, 0) is 37.6 Å². The number of carbonyl (C=O) groups excluding carboxylic acids is 3. The summed E-state index contributed by atoms with van der Waals surface area (Å²) >= 11 is 0. The molecule has 5 rings (SSSR count). The van der Waals surface area contributed by atoms with Gasteiger partial charge in [0.15, 0.2) is 17.3 Å². The normalized spacial score (nSPS) is 17.1. The Kier molecular flexibility index (Phi) is 5.57. The van der Waals surface area contributed by atoms with Crippen molar-refractivity contribution in [2.75, 3.05) is 19.8 Å². The van der Waals surface area contributed by atoms with Crippen molar-refractivity contribution in [2.24, 2.45) is 0 Å². The molecule has 2 aliphatic heterocycles. The first-order valence-corrected chi connectivity index (χ1v) is 11.2. The second kappa shape index (κ2) is 8.70. The lowest BCUT2D eigenvalue weighted by molar-refractivity contribution is -0.127. The van der Waals surface area contributed by atoms with Gasteiger partial charge >= 0.3 is 6.03 Å². The Labute approximate surface area is 197 Å². The molecule has 1 atom stereocenters. The quantitative estimate of drug-likeness (QED) is 0.452. The molecule has 3 heterocycles. The fraction of sp³-hybridized carbons (Fsp3) is 0.269. The number of nitrogens with one attached hydrogen (secondary N) is 1. The number of benzene rings is 2. The van der Waals surface area contributed by atoms with Gasteiger partial charge in [0.25, 0.3) is 5.91 Å². The minimum atomic E-state index is -0.673. The van der Waals surface area contributed by atoms with Crippen LogP contribution in [0.5, 0.6) is 11.5 Å². The van der Waals surface area contributed by atoms with Crippen LogP contribution in [0, 0.1) is 13.8 Å². The Balaban J connectivity index is 1.34. The summed E-state index contributed by atoms with van der Waals surface area (Å²) in [5, 5.41) is 2.70. The van der Waals surface area contributed by atoms with E-state index in [9.17, 15) is 14.4 Å². The van der Waals surface area contributed by atoms with Gasteiger partial charge in [-0.25, -0.2) is 4.79 Å². The number of ketones is 1. The van der Waals surface area contributed by atoms with Crippen LogP contribution < -0.4 is 14.8 Å². The summed E-state index contributed by atoms with van der Waals surface area (Å²) < 4.78 is 13.2. The lowest BCUT2D eigenvalue weighted by atomic mass is 10.1. The number of ether oxygens (including phenoxy) is 2. The van der Waals surface area contributed by atoms with Gasteiger partial charge in [0.05, 0.1) is 6.54 Å². The lowest BCUT2D eigenvalue weighted by Crippen LogP contribution is -2.36. The maximum atomic E-state index is 13.2. The van der Waals surface area contributed by atoms with E-state index in [2.05, 4.69) is 5.32 Å². The number of hydrogen-bond donors (Lipinski definition) is 1. The monoisotopic (exact) mass is 459 g/mol. The Morgan fingerprint density at radius 2 is 1.74 bits per heavy atom. The molecule has 174 valence electrons. The molecule has 0 aliphatic carbocycles. The van der Waals surface area contributed by atoms with Crippen molar-refractivity contribution in [3.05, 3.63) is 77.1 Å². The third kappa shape index (κ3) is 3.91. The third-order valence-electron chi connectivity index (χ3n) is 6.21. The Bertz CT molecular complexity index is 1280. The molecule has 0 bridgehead atoms. The number of aromatic nitrogens is 1. The Morgan fingerprint density at radius 1 is 1.00 bits per heavy atom. The SMILES string of the molecule is Cc1cc(C(=O)CN2C(=O)NC(Cc3ccccc3)C2=O)c(C)n1-c1ccc2c(c1)OCCO2. The van der Waals surface area contributed by atoms with Crippen LogP contribution in [0.4, 0.5) is 4.79 Å². The van der Waals surface area contributed by atoms with E-state index in [-0.39, 0.29) is 18.2 Å². The zero-order chi connectivity index (χ0) is 23.8. The molecular weight excluding hydrogens is 434 g/mol. The molecule has 3 aromatic rings. The number of urea groups is 1. The van der Waals surface area contributed by atoms with Crippen LogP contribution in [0.3, 0.4) is 0 Å². The number of amides is 3. The number of Topliss-reactive ketones (excluding diaryl/α,β-unsaturated/α-hetero) is 1. The minimum Gasteiger partial charge on any atom is -0.486 e. The number of rotatable bonds is 6. The summed E-state index contributed by atoms with van der Waals surface area (Å²) in [5.41, 5.74) is 3.84. The van der Waals surface area contributed by atoms with Crippen molar-refractivity contribution in [2.45, 2.75) is 26.3 Å². The summed E-state index contributed by atoms with van der Waals surface area (Å²) in [4.78, 5) is 39.5. The number of hydrogen-bond acceptors (Lipinski definition) is 5. The molecule has 0 saturated carbocycles. The smallest absolute Gasteiger partial charge is 0.325 e. The van der Waals surface area contributed by atoms with Crippen molar-refractivity contribution < 1.29 is 23.9 Å². The third-order valence-corrected chi connectivity index (χ3v) is 6.21. The van der Waals surface area contributed by atoms with E-state index < -0.39 is 12.1 Å². The Morgan fingerprint density at radius 3 is 2.50 bits per heavy atom. The number of aryl methyl sites for hydroxylation is 1. The first-order valence-electron chi connectivity index (χ1n) is 11.2. The van der Waals surface area contributed by atoms with E-state index in [1.54, 1.807) is 6.07 Å². The molecule has 3 amide bonds. The molecule has 1 fully saturated rings. The second-order valence-electron chi connectivity index (χ2n) is 8.49. The lowest BCUT2D eigenvalue weighted by Gasteiger charge is -2.20. The van der Waals surface area contributed by atoms with Crippen LogP contribution >= 0.6 is 0 Å². The highest BCUT2D eigenvalue weighted by Gasteiger charge is 2.39. The highest BCUT2D eigenvalue weighted by atomic mass is 16.6. The van der Waals surface area contributed by atoms with Crippen molar-refractivity contribution in [1.29, 1.82) is 0 Å². The van der Waals surface area contributed by atoms with Crippen molar-refractivity contribution in [3.63, 3.8) is 0 Å². The van der Waals surface area contributed by atoms with Gasteiger partial charge in [0.2, 0.25) is 0 Å². The zero-order valence-corrected chi connectivity index (χ0v) is 19.0. The van der Waals surface area contributed by atoms with Crippen molar-refractivity contribution in [3.8, 4) is 17.2 Å². The fourth-order valence-electron chi connectivity index (χ4n) is 4.56. The number of fused-ring (bicyclic) bond motifs is 1. The number of imide groups is 1. The van der Waals surface area contributed by atoms with Gasteiger partial charge in [-0.3, -0.25) is 14.5 Å². The fourth-order valence-corrected chi connectivity index (χ4v) is 4.56. The molecule has 1 unspecified atom stereocenters. The van der Waals surface area contributed by atoms with Gasteiger partial charge < -0.3 is 19.4 Å². The predicted octanol–water partition coefficient (Wildman–Crippen LogP) is 3.21. The first kappa shape index (κ1) is 21.8. The summed E-state index contributed by atoms with van der Waals surface area (Å²) in [6.45, 7) is 4.45. The molecule has 2 aliphatic rings. The summed E-state index contributed by atoms with van der Waals surface area (Å²) in [6, 6.07) is 15.7. The highest BCUT2D eigenvalue weighted by Crippen LogP contribution is 2.33. The van der Waals surface area contributed by atoms with Gasteiger partial charge in [-0.1, -0.05) is 30.3 Å². The second-order valence-corrected chi connectivity index (χ2v) is 8.49. The molecule has 1 saturated heterocycles. The van der Waals surface area contributed by atoms with Crippen LogP contribution in [0.15, 0.2) is 54.6 Å². The van der Waals surface area contributed by atoms with Gasteiger partial charge in [-0.15, -0.1) is 0 Å². The highest BCUT2D eigenvalue weighted by molar-refractivity contribution is 6.09. The van der Waals surface area contributed by atoms with Crippen LogP contribution in [-0.4, -0.2) is 53.0 Å². The summed E-state index contributed by atoms with van der Waals surface area (Å²) in [6.07, 6.45) is 0.384. The van der Waals surface area contributed by atoms with E-state index in [0.29, 0.717) is 36.7 Å². The van der Waals surface area contributed by atoms with Crippen LogP contribution in [0.2, 0.25) is 0 Å². The first-order chi connectivity index (χ1) is 16.4. The van der Waals surface area contributed by atoms with Crippen molar-refractivity contribution >= 4 is 17.7 Å². The van der Waals surface area contributed by atoms with Crippen LogP contribution in [0.1, 0.15) is 27.3 Å². The Hall–Kier alpha value is -4.07. The van der Waals surface area contributed by atoms with Gasteiger partial charge in [0, 0.05) is 35.1 Å². The molecule has 8 heteroatoms.